The highest BCUT2D eigenvalue weighted by Gasteiger charge is 2.15. The molecule has 0 aliphatic heterocycles. The van der Waals surface area contributed by atoms with Crippen molar-refractivity contribution in [2.45, 2.75) is 39.2 Å². The van der Waals surface area contributed by atoms with Crippen LogP contribution < -0.4 is 10.7 Å². The third-order valence-corrected chi connectivity index (χ3v) is 3.64. The minimum atomic E-state index is -0.540. The molecule has 2 rings (SSSR count). The maximum atomic E-state index is 12.1. The Bertz CT molecular complexity index is 755. The number of carbonyl (C=O) groups excluding carboxylic acids is 2. The zero-order chi connectivity index (χ0) is 20.4. The lowest BCUT2D eigenvalue weighted by Crippen LogP contribution is -2.33. The van der Waals surface area contributed by atoms with Crippen molar-refractivity contribution in [2.75, 3.05) is 6.54 Å². The largest absolute Gasteiger partial charge is 0.444 e. The van der Waals surface area contributed by atoms with Crippen LogP contribution in [0.15, 0.2) is 65.8 Å². The van der Waals surface area contributed by atoms with Gasteiger partial charge in [-0.1, -0.05) is 60.7 Å². The molecule has 0 aliphatic rings. The maximum absolute atomic E-state index is 12.1. The summed E-state index contributed by atoms with van der Waals surface area (Å²) in [4.78, 5) is 23.7. The molecule has 0 aromatic heterocycles. The van der Waals surface area contributed by atoms with Gasteiger partial charge in [0.1, 0.15) is 5.60 Å². The number of benzene rings is 2. The molecule has 0 saturated heterocycles. The summed E-state index contributed by atoms with van der Waals surface area (Å²) >= 11 is 0. The molecule has 6 nitrogen and oxygen atoms in total. The molecule has 0 radical (unpaired) electrons. The molecule has 148 valence electrons. The number of nitrogens with zero attached hydrogens (tertiary/aromatic N) is 1. The standard InChI is InChI=1S/C22H27N3O3/c1-22(2,3)28-21(27)23-16-10-15-19(26)24-25-20(17-11-6-4-7-12-17)18-13-8-5-9-14-18/h4-9,11-14H,10,15-16H2,1-3H3,(H,23,27)(H,24,26). The highest BCUT2D eigenvalue weighted by molar-refractivity contribution is 6.13. The van der Waals surface area contributed by atoms with Crippen molar-refractivity contribution in [3.8, 4) is 0 Å². The molecule has 2 N–H and O–H groups in total. The molecule has 0 atom stereocenters. The average Bonchev–Trinajstić information content (AvgIpc) is 2.66. The lowest BCUT2D eigenvalue weighted by Gasteiger charge is -2.19. The predicted octanol–water partition coefficient (Wildman–Crippen LogP) is 3.86. The van der Waals surface area contributed by atoms with Gasteiger partial charge in [0, 0.05) is 24.1 Å². The maximum Gasteiger partial charge on any atom is 0.407 e. The molecule has 2 aromatic carbocycles. The van der Waals surface area contributed by atoms with Crippen molar-refractivity contribution in [1.29, 1.82) is 0 Å². The Kier molecular flexibility index (Phi) is 7.75. The first-order valence-electron chi connectivity index (χ1n) is 9.29. The molecule has 2 amide bonds. The fraction of sp³-hybridized carbons (Fsp3) is 0.318. The van der Waals surface area contributed by atoms with Crippen molar-refractivity contribution in [3.05, 3.63) is 71.8 Å². The molecule has 0 aliphatic carbocycles. The van der Waals surface area contributed by atoms with Crippen molar-refractivity contribution in [3.63, 3.8) is 0 Å². The van der Waals surface area contributed by atoms with E-state index in [2.05, 4.69) is 15.8 Å². The summed E-state index contributed by atoms with van der Waals surface area (Å²) in [6, 6.07) is 19.4. The van der Waals surface area contributed by atoms with Crippen LogP contribution in [0.2, 0.25) is 0 Å². The minimum absolute atomic E-state index is 0.213. The highest BCUT2D eigenvalue weighted by Crippen LogP contribution is 2.10. The van der Waals surface area contributed by atoms with Gasteiger partial charge in [-0.25, -0.2) is 10.2 Å². The number of rotatable bonds is 7. The zero-order valence-corrected chi connectivity index (χ0v) is 16.6. The van der Waals surface area contributed by atoms with E-state index in [1.807, 2.05) is 60.7 Å². The van der Waals surface area contributed by atoms with Gasteiger partial charge in [0.15, 0.2) is 0 Å². The van der Waals surface area contributed by atoms with Gasteiger partial charge in [0.25, 0.3) is 0 Å². The average molecular weight is 381 g/mol. The fourth-order valence-electron chi connectivity index (χ4n) is 2.42. The Morgan fingerprint density at radius 1 is 0.929 bits per heavy atom. The van der Waals surface area contributed by atoms with E-state index in [1.165, 1.54) is 0 Å². The molecule has 6 heteroatoms. The number of hydrazone groups is 1. The first-order chi connectivity index (χ1) is 13.3. The zero-order valence-electron chi connectivity index (χ0n) is 16.6. The van der Waals surface area contributed by atoms with Gasteiger partial charge >= 0.3 is 6.09 Å². The Labute approximate surface area is 166 Å². The van der Waals surface area contributed by atoms with Gasteiger partial charge in [-0.05, 0) is 27.2 Å². The molecule has 0 saturated carbocycles. The van der Waals surface area contributed by atoms with E-state index < -0.39 is 11.7 Å². The molecule has 0 spiro atoms. The fourth-order valence-corrected chi connectivity index (χ4v) is 2.42. The number of nitrogens with one attached hydrogen (secondary N) is 2. The van der Waals surface area contributed by atoms with E-state index in [0.29, 0.717) is 18.7 Å². The van der Waals surface area contributed by atoms with Crippen molar-refractivity contribution < 1.29 is 14.3 Å². The van der Waals surface area contributed by atoms with Crippen LogP contribution in [0.1, 0.15) is 44.7 Å². The molecule has 0 bridgehead atoms. The second kappa shape index (κ2) is 10.3. The third kappa shape index (κ3) is 7.61. The Morgan fingerprint density at radius 2 is 1.46 bits per heavy atom. The van der Waals surface area contributed by atoms with E-state index in [-0.39, 0.29) is 12.3 Å². The summed E-state index contributed by atoms with van der Waals surface area (Å²) in [5.74, 6) is -0.213. The molecule has 0 fully saturated rings. The van der Waals surface area contributed by atoms with Gasteiger partial charge in [-0.3, -0.25) is 4.79 Å². The highest BCUT2D eigenvalue weighted by atomic mass is 16.6. The molecule has 28 heavy (non-hydrogen) atoms. The molecular formula is C22H27N3O3. The third-order valence-electron chi connectivity index (χ3n) is 3.64. The lowest BCUT2D eigenvalue weighted by molar-refractivity contribution is -0.121. The summed E-state index contributed by atoms with van der Waals surface area (Å²) < 4.78 is 5.15. The van der Waals surface area contributed by atoms with E-state index in [0.717, 1.165) is 11.1 Å². The van der Waals surface area contributed by atoms with Gasteiger partial charge in [0.2, 0.25) is 5.91 Å². The molecule has 0 heterocycles. The van der Waals surface area contributed by atoms with Crippen molar-refractivity contribution in [2.24, 2.45) is 5.10 Å². The smallest absolute Gasteiger partial charge is 0.407 e. The van der Waals surface area contributed by atoms with E-state index in [4.69, 9.17) is 4.74 Å². The summed E-state index contributed by atoms with van der Waals surface area (Å²) in [5, 5.41) is 6.97. The molecule has 0 unspecified atom stereocenters. The van der Waals surface area contributed by atoms with Crippen LogP contribution in [-0.4, -0.2) is 29.9 Å². The second-order valence-corrected chi connectivity index (χ2v) is 7.26. The van der Waals surface area contributed by atoms with E-state index >= 15 is 0 Å². The number of alkyl carbamates (subject to hydrolysis) is 1. The van der Waals surface area contributed by atoms with Crippen LogP contribution in [0.5, 0.6) is 0 Å². The number of ether oxygens (including phenoxy) is 1. The van der Waals surface area contributed by atoms with Crippen LogP contribution in [0, 0.1) is 0 Å². The Balaban J connectivity index is 1.89. The summed E-state index contributed by atoms with van der Waals surface area (Å²) in [5.41, 5.74) is 4.60. The molecular weight excluding hydrogens is 354 g/mol. The topological polar surface area (TPSA) is 79.8 Å². The van der Waals surface area contributed by atoms with E-state index in [1.54, 1.807) is 20.8 Å². The molecule has 2 aromatic rings. The number of carbonyl (C=O) groups is 2. The normalized spacial score (nSPS) is 10.7. The van der Waals surface area contributed by atoms with Gasteiger partial charge in [-0.15, -0.1) is 0 Å². The second-order valence-electron chi connectivity index (χ2n) is 7.26. The first-order valence-corrected chi connectivity index (χ1v) is 9.29. The lowest BCUT2D eigenvalue weighted by atomic mass is 10.0. The van der Waals surface area contributed by atoms with E-state index in [9.17, 15) is 9.59 Å². The SMILES string of the molecule is CC(C)(C)OC(=O)NCCCC(=O)NN=C(c1ccccc1)c1ccccc1. The number of hydrogen-bond donors (Lipinski definition) is 2. The van der Waals surface area contributed by atoms with Gasteiger partial charge < -0.3 is 10.1 Å². The van der Waals surface area contributed by atoms with Gasteiger partial charge in [0.05, 0.1) is 5.71 Å². The summed E-state index contributed by atoms with van der Waals surface area (Å²) in [6.45, 7) is 5.76. The monoisotopic (exact) mass is 381 g/mol. The van der Waals surface area contributed by atoms with Crippen LogP contribution in [-0.2, 0) is 9.53 Å². The minimum Gasteiger partial charge on any atom is -0.444 e. The van der Waals surface area contributed by atoms with Crippen molar-refractivity contribution >= 4 is 17.7 Å². The first kappa shape index (κ1) is 21.2. The quantitative estimate of drug-likeness (QED) is 0.434. The van der Waals surface area contributed by atoms with Crippen LogP contribution in [0.25, 0.3) is 0 Å². The summed E-state index contributed by atoms with van der Waals surface area (Å²) in [6.07, 6.45) is 0.254. The number of hydrogen-bond acceptors (Lipinski definition) is 4. The van der Waals surface area contributed by atoms with Crippen LogP contribution in [0.4, 0.5) is 4.79 Å². The Morgan fingerprint density at radius 3 is 1.96 bits per heavy atom. The number of amides is 2. The van der Waals surface area contributed by atoms with Crippen molar-refractivity contribution in [1.82, 2.24) is 10.7 Å². The van der Waals surface area contributed by atoms with Gasteiger partial charge in [-0.2, -0.15) is 5.10 Å². The Hall–Kier alpha value is -3.15. The predicted molar refractivity (Wildman–Crippen MR) is 110 cm³/mol. The van der Waals surface area contributed by atoms with Crippen LogP contribution >= 0.6 is 0 Å². The van der Waals surface area contributed by atoms with Crippen LogP contribution in [0.3, 0.4) is 0 Å². The summed E-state index contributed by atoms with van der Waals surface area (Å²) in [7, 11) is 0.